The molecule has 0 aliphatic rings. The summed E-state index contributed by atoms with van der Waals surface area (Å²) < 4.78 is 7.09. The van der Waals surface area contributed by atoms with Gasteiger partial charge in [-0.05, 0) is 31.2 Å². The van der Waals surface area contributed by atoms with Gasteiger partial charge >= 0.3 is 0 Å². The van der Waals surface area contributed by atoms with E-state index in [4.69, 9.17) is 4.74 Å². The predicted molar refractivity (Wildman–Crippen MR) is 85.5 cm³/mol. The van der Waals surface area contributed by atoms with Crippen molar-refractivity contribution in [2.45, 2.75) is 6.92 Å². The van der Waals surface area contributed by atoms with Gasteiger partial charge in [-0.2, -0.15) is 5.10 Å². The number of hydrogen-bond donors (Lipinski definition) is 1. The average molecular weight is 300 g/mol. The number of hydrogen-bond acceptors (Lipinski definition) is 5. The number of methoxy groups -OCH3 is 1. The molecule has 0 aliphatic heterocycles. The van der Waals surface area contributed by atoms with Crippen molar-refractivity contribution >= 4 is 16.5 Å². The number of nitrogens with one attached hydrogen (secondary N) is 1. The molecule has 0 spiro atoms. The van der Waals surface area contributed by atoms with Gasteiger partial charge in [0.25, 0.3) is 0 Å². The number of ether oxygens (including phenoxy) is 1. The van der Waals surface area contributed by atoms with E-state index in [1.807, 2.05) is 54.5 Å². The lowest BCUT2D eigenvalue weighted by Gasteiger charge is -2.06. The summed E-state index contributed by atoms with van der Waals surface area (Å²) >= 11 is 1.59. The van der Waals surface area contributed by atoms with Crippen LogP contribution in [0.5, 0.6) is 5.75 Å². The molecule has 21 heavy (non-hydrogen) atoms. The molecule has 0 fully saturated rings. The fraction of sp³-hybridized carbons (Fsp3) is 0.200. The van der Waals surface area contributed by atoms with Crippen molar-refractivity contribution in [2.24, 2.45) is 0 Å². The number of anilines is 1. The summed E-state index contributed by atoms with van der Waals surface area (Å²) in [7, 11) is 3.53. The Labute approximate surface area is 127 Å². The van der Waals surface area contributed by atoms with Crippen molar-refractivity contribution in [3.8, 4) is 22.7 Å². The van der Waals surface area contributed by atoms with Crippen LogP contribution in [0.1, 0.15) is 5.69 Å². The quantitative estimate of drug-likeness (QED) is 0.803. The van der Waals surface area contributed by atoms with Crippen molar-refractivity contribution in [2.75, 3.05) is 19.5 Å². The smallest absolute Gasteiger partial charge is 0.182 e. The zero-order valence-electron chi connectivity index (χ0n) is 12.1. The van der Waals surface area contributed by atoms with E-state index >= 15 is 0 Å². The molecule has 5 nitrogen and oxygen atoms in total. The number of aromatic nitrogens is 3. The second kappa shape index (κ2) is 5.57. The summed E-state index contributed by atoms with van der Waals surface area (Å²) in [6, 6.07) is 7.83. The first kappa shape index (κ1) is 13.6. The molecule has 108 valence electrons. The largest absolute Gasteiger partial charge is 0.497 e. The molecule has 2 heterocycles. The maximum Gasteiger partial charge on any atom is 0.182 e. The topological polar surface area (TPSA) is 52.0 Å². The third-order valence-electron chi connectivity index (χ3n) is 3.32. The van der Waals surface area contributed by atoms with E-state index < -0.39 is 0 Å². The lowest BCUT2D eigenvalue weighted by molar-refractivity contribution is 0.414. The molecule has 3 rings (SSSR count). The molecule has 0 radical (unpaired) electrons. The highest BCUT2D eigenvalue weighted by Crippen LogP contribution is 2.28. The molecule has 0 amide bonds. The first-order chi connectivity index (χ1) is 10.2. The van der Waals surface area contributed by atoms with Crippen LogP contribution in [0.25, 0.3) is 16.9 Å². The average Bonchev–Trinajstić information content (AvgIpc) is 3.13. The van der Waals surface area contributed by atoms with Gasteiger partial charge in [0.05, 0.1) is 30.4 Å². The minimum absolute atomic E-state index is 0.835. The zero-order valence-corrected chi connectivity index (χ0v) is 12.9. The molecule has 2 aromatic heterocycles. The van der Waals surface area contributed by atoms with Gasteiger partial charge in [0.15, 0.2) is 5.13 Å². The molecule has 1 N–H and O–H groups in total. The monoisotopic (exact) mass is 300 g/mol. The van der Waals surface area contributed by atoms with Crippen LogP contribution in [0.2, 0.25) is 0 Å². The third kappa shape index (κ3) is 2.50. The lowest BCUT2D eigenvalue weighted by Crippen LogP contribution is -1.98. The Bertz CT molecular complexity index is 745. The van der Waals surface area contributed by atoms with E-state index in [9.17, 15) is 0 Å². The Kier molecular flexibility index (Phi) is 3.62. The molecular weight excluding hydrogens is 284 g/mol. The van der Waals surface area contributed by atoms with Crippen molar-refractivity contribution < 1.29 is 4.74 Å². The van der Waals surface area contributed by atoms with Gasteiger partial charge in [0, 0.05) is 18.0 Å². The molecule has 0 saturated carbocycles. The predicted octanol–water partition coefficient (Wildman–Crippen LogP) is 3.35. The summed E-state index contributed by atoms with van der Waals surface area (Å²) in [5, 5.41) is 10.5. The van der Waals surface area contributed by atoms with Gasteiger partial charge in [-0.15, -0.1) is 11.3 Å². The molecule has 0 atom stereocenters. The van der Waals surface area contributed by atoms with Crippen LogP contribution in [0, 0.1) is 6.92 Å². The summed E-state index contributed by atoms with van der Waals surface area (Å²) in [6.45, 7) is 2.05. The summed E-state index contributed by atoms with van der Waals surface area (Å²) in [5.41, 5.74) is 4.06. The van der Waals surface area contributed by atoms with Crippen LogP contribution in [0.3, 0.4) is 0 Å². The van der Waals surface area contributed by atoms with Crippen molar-refractivity contribution in [1.29, 1.82) is 0 Å². The van der Waals surface area contributed by atoms with E-state index in [1.54, 1.807) is 18.4 Å². The number of rotatable bonds is 4. The standard InChI is InChI=1S/C15H16N4OS/c1-10-13(14-9-21-15(16-2)18-14)8-17-19(10)11-4-6-12(20-3)7-5-11/h4-9H,1-3H3,(H,16,18). The molecule has 0 saturated heterocycles. The van der Waals surface area contributed by atoms with E-state index in [0.717, 1.165) is 33.5 Å². The summed E-state index contributed by atoms with van der Waals surface area (Å²) in [4.78, 5) is 4.53. The Hall–Kier alpha value is -2.34. The first-order valence-corrected chi connectivity index (χ1v) is 7.43. The molecule has 0 unspecified atom stereocenters. The Balaban J connectivity index is 1.97. The van der Waals surface area contributed by atoms with Crippen molar-refractivity contribution in [1.82, 2.24) is 14.8 Å². The van der Waals surface area contributed by atoms with Crippen LogP contribution < -0.4 is 10.1 Å². The molecule has 0 aliphatic carbocycles. The Morgan fingerprint density at radius 2 is 2.00 bits per heavy atom. The molecule has 1 aromatic carbocycles. The van der Waals surface area contributed by atoms with E-state index in [0.29, 0.717) is 0 Å². The van der Waals surface area contributed by atoms with Crippen LogP contribution in [0.15, 0.2) is 35.8 Å². The highest BCUT2D eigenvalue weighted by molar-refractivity contribution is 7.14. The van der Waals surface area contributed by atoms with E-state index in [1.165, 1.54) is 0 Å². The van der Waals surface area contributed by atoms with Gasteiger partial charge in [0.1, 0.15) is 5.75 Å². The lowest BCUT2D eigenvalue weighted by atomic mass is 10.2. The van der Waals surface area contributed by atoms with Crippen LogP contribution in [-0.2, 0) is 0 Å². The minimum Gasteiger partial charge on any atom is -0.497 e. The summed E-state index contributed by atoms with van der Waals surface area (Å²) in [6.07, 6.45) is 1.86. The maximum absolute atomic E-state index is 5.18. The van der Waals surface area contributed by atoms with Crippen LogP contribution in [0.4, 0.5) is 5.13 Å². The van der Waals surface area contributed by atoms with Gasteiger partial charge < -0.3 is 10.1 Å². The zero-order chi connectivity index (χ0) is 14.8. The SMILES string of the molecule is CNc1nc(-c2cnn(-c3ccc(OC)cc3)c2C)cs1. The Morgan fingerprint density at radius 1 is 1.24 bits per heavy atom. The van der Waals surface area contributed by atoms with Crippen molar-refractivity contribution in [3.63, 3.8) is 0 Å². The van der Waals surface area contributed by atoms with Gasteiger partial charge in [-0.25, -0.2) is 9.67 Å². The fourth-order valence-electron chi connectivity index (χ4n) is 2.16. The maximum atomic E-state index is 5.18. The second-order valence-electron chi connectivity index (χ2n) is 4.54. The molecule has 6 heteroatoms. The first-order valence-electron chi connectivity index (χ1n) is 6.55. The number of nitrogens with zero attached hydrogens (tertiary/aromatic N) is 3. The highest BCUT2D eigenvalue weighted by atomic mass is 32.1. The number of benzene rings is 1. The molecular formula is C15H16N4OS. The van der Waals surface area contributed by atoms with Gasteiger partial charge in [0.2, 0.25) is 0 Å². The van der Waals surface area contributed by atoms with Crippen LogP contribution >= 0.6 is 11.3 Å². The van der Waals surface area contributed by atoms with Crippen LogP contribution in [-0.4, -0.2) is 28.9 Å². The highest BCUT2D eigenvalue weighted by Gasteiger charge is 2.12. The normalized spacial score (nSPS) is 10.6. The fourth-order valence-corrected chi connectivity index (χ4v) is 2.83. The molecule has 3 aromatic rings. The third-order valence-corrected chi connectivity index (χ3v) is 4.18. The van der Waals surface area contributed by atoms with Gasteiger partial charge in [-0.3, -0.25) is 0 Å². The summed E-state index contributed by atoms with van der Waals surface area (Å²) in [5.74, 6) is 0.835. The minimum atomic E-state index is 0.835. The Morgan fingerprint density at radius 3 is 2.62 bits per heavy atom. The van der Waals surface area contributed by atoms with E-state index in [-0.39, 0.29) is 0 Å². The molecule has 0 bridgehead atoms. The second-order valence-corrected chi connectivity index (χ2v) is 5.40. The van der Waals surface area contributed by atoms with Gasteiger partial charge in [-0.1, -0.05) is 0 Å². The van der Waals surface area contributed by atoms with Crippen molar-refractivity contribution in [3.05, 3.63) is 41.5 Å². The number of thiazole rings is 1. The van der Waals surface area contributed by atoms with E-state index in [2.05, 4.69) is 15.4 Å².